The number of aliphatic hydroxyl groups is 1. The molecule has 0 spiro atoms. The molecule has 3 N–H and O–H groups in total. The Hall–Kier alpha value is -2.08. The second-order valence-electron chi connectivity index (χ2n) is 6.67. The Labute approximate surface area is 141 Å². The number of furan rings is 1. The lowest BCUT2D eigenvalue weighted by atomic mass is 9.85. The molecule has 6 heteroatoms. The molecule has 1 aliphatic rings. The van der Waals surface area contributed by atoms with E-state index < -0.39 is 6.10 Å². The van der Waals surface area contributed by atoms with Crippen molar-refractivity contribution in [2.24, 2.45) is 0 Å². The van der Waals surface area contributed by atoms with Gasteiger partial charge < -0.3 is 14.8 Å². The van der Waals surface area contributed by atoms with Crippen LogP contribution in [0.15, 0.2) is 29.0 Å². The molecule has 0 radical (unpaired) electrons. The number of aromatic amines is 1. The van der Waals surface area contributed by atoms with Gasteiger partial charge in [0.25, 0.3) is 5.91 Å². The zero-order valence-corrected chi connectivity index (χ0v) is 14.0. The molecule has 6 nitrogen and oxygen atoms in total. The van der Waals surface area contributed by atoms with Gasteiger partial charge in [0.15, 0.2) is 0 Å². The zero-order chi connectivity index (χ0) is 16.9. The highest BCUT2D eigenvalue weighted by atomic mass is 16.4. The second-order valence-corrected chi connectivity index (χ2v) is 6.67. The monoisotopic (exact) mass is 331 g/mol. The van der Waals surface area contributed by atoms with Gasteiger partial charge >= 0.3 is 0 Å². The highest BCUT2D eigenvalue weighted by Crippen LogP contribution is 2.33. The predicted molar refractivity (Wildman–Crippen MR) is 89.6 cm³/mol. The van der Waals surface area contributed by atoms with E-state index in [9.17, 15) is 9.90 Å². The average molecular weight is 331 g/mol. The van der Waals surface area contributed by atoms with Crippen molar-refractivity contribution < 1.29 is 14.3 Å². The summed E-state index contributed by atoms with van der Waals surface area (Å²) in [4.78, 5) is 12.6. The summed E-state index contributed by atoms with van der Waals surface area (Å²) in [6.07, 6.45) is 8.71. The van der Waals surface area contributed by atoms with Gasteiger partial charge in [-0.2, -0.15) is 5.10 Å². The van der Waals surface area contributed by atoms with Gasteiger partial charge in [0.2, 0.25) is 0 Å². The van der Waals surface area contributed by atoms with E-state index in [1.54, 1.807) is 18.3 Å². The van der Waals surface area contributed by atoms with Crippen LogP contribution in [0, 0.1) is 0 Å². The SMILES string of the molecule is C[C@@H](C[C@@H](O)c1ccco1)NC(=O)c1cn[nH]c1C1CCCCC1. The van der Waals surface area contributed by atoms with Crippen molar-refractivity contribution in [3.05, 3.63) is 41.6 Å². The summed E-state index contributed by atoms with van der Waals surface area (Å²) in [5, 5.41) is 20.2. The van der Waals surface area contributed by atoms with E-state index >= 15 is 0 Å². The Bertz CT molecular complexity index is 644. The molecular formula is C18H25N3O3. The lowest BCUT2D eigenvalue weighted by molar-refractivity contribution is 0.0901. The van der Waals surface area contributed by atoms with Gasteiger partial charge in [-0.3, -0.25) is 9.89 Å². The van der Waals surface area contributed by atoms with E-state index in [4.69, 9.17) is 4.42 Å². The molecule has 2 aromatic rings. The van der Waals surface area contributed by atoms with Crippen molar-refractivity contribution in [1.29, 1.82) is 0 Å². The number of carbonyl (C=O) groups excluding carboxylic acids is 1. The van der Waals surface area contributed by atoms with Gasteiger partial charge in [0, 0.05) is 18.4 Å². The molecule has 24 heavy (non-hydrogen) atoms. The van der Waals surface area contributed by atoms with Crippen LogP contribution in [0.3, 0.4) is 0 Å². The van der Waals surface area contributed by atoms with E-state index in [2.05, 4.69) is 15.5 Å². The molecule has 1 amide bonds. The van der Waals surface area contributed by atoms with Crippen molar-refractivity contribution in [2.45, 2.75) is 63.5 Å². The predicted octanol–water partition coefficient (Wildman–Crippen LogP) is 3.29. The van der Waals surface area contributed by atoms with Crippen molar-refractivity contribution in [2.75, 3.05) is 0 Å². The Morgan fingerprint density at radius 1 is 1.46 bits per heavy atom. The average Bonchev–Trinajstić information content (AvgIpc) is 3.27. The molecule has 1 fully saturated rings. The number of nitrogens with one attached hydrogen (secondary N) is 2. The van der Waals surface area contributed by atoms with Crippen molar-refractivity contribution in [3.63, 3.8) is 0 Å². The number of hydrogen-bond donors (Lipinski definition) is 3. The topological polar surface area (TPSA) is 91.2 Å². The first-order valence-corrected chi connectivity index (χ1v) is 8.70. The third-order valence-corrected chi connectivity index (χ3v) is 4.75. The van der Waals surface area contributed by atoms with Crippen LogP contribution in [0.5, 0.6) is 0 Å². The van der Waals surface area contributed by atoms with Crippen LogP contribution in [-0.2, 0) is 0 Å². The molecular weight excluding hydrogens is 306 g/mol. The van der Waals surface area contributed by atoms with E-state index in [-0.39, 0.29) is 11.9 Å². The minimum absolute atomic E-state index is 0.136. The Morgan fingerprint density at radius 3 is 2.96 bits per heavy atom. The molecule has 1 aliphatic carbocycles. The molecule has 2 heterocycles. The number of aromatic nitrogens is 2. The molecule has 0 aromatic carbocycles. The maximum Gasteiger partial charge on any atom is 0.254 e. The second kappa shape index (κ2) is 7.66. The van der Waals surface area contributed by atoms with Crippen molar-refractivity contribution in [1.82, 2.24) is 15.5 Å². The normalized spacial score (nSPS) is 18.2. The smallest absolute Gasteiger partial charge is 0.254 e. The highest BCUT2D eigenvalue weighted by Gasteiger charge is 2.24. The number of amides is 1. The van der Waals surface area contributed by atoms with Crippen LogP contribution in [0.2, 0.25) is 0 Å². The van der Waals surface area contributed by atoms with Gasteiger partial charge in [0.05, 0.1) is 23.7 Å². The summed E-state index contributed by atoms with van der Waals surface area (Å²) in [6.45, 7) is 1.88. The molecule has 0 unspecified atom stereocenters. The molecule has 1 saturated carbocycles. The van der Waals surface area contributed by atoms with Crippen LogP contribution >= 0.6 is 0 Å². The summed E-state index contributed by atoms with van der Waals surface area (Å²) in [7, 11) is 0. The molecule has 0 aliphatic heterocycles. The number of aliphatic hydroxyl groups excluding tert-OH is 1. The molecule has 0 saturated heterocycles. The van der Waals surface area contributed by atoms with E-state index in [0.717, 1.165) is 18.5 Å². The molecule has 2 aromatic heterocycles. The summed E-state index contributed by atoms with van der Waals surface area (Å²) in [5.41, 5.74) is 1.58. The van der Waals surface area contributed by atoms with Crippen LogP contribution in [0.25, 0.3) is 0 Å². The fraction of sp³-hybridized carbons (Fsp3) is 0.556. The number of rotatable bonds is 6. The summed E-state index contributed by atoms with van der Waals surface area (Å²) >= 11 is 0. The Morgan fingerprint density at radius 2 is 2.25 bits per heavy atom. The quantitative estimate of drug-likeness (QED) is 0.757. The maximum atomic E-state index is 12.6. The fourth-order valence-corrected chi connectivity index (χ4v) is 3.47. The standard InChI is InChI=1S/C18H25N3O3/c1-12(10-15(22)16-8-5-9-24-16)20-18(23)14-11-19-21-17(14)13-6-3-2-4-7-13/h5,8-9,11-13,15,22H,2-4,6-7,10H2,1H3,(H,19,21)(H,20,23)/t12-,15+/m0/s1. The summed E-state index contributed by atoms with van der Waals surface area (Å²) in [6, 6.07) is 3.30. The number of hydrogen-bond acceptors (Lipinski definition) is 4. The maximum absolute atomic E-state index is 12.6. The third kappa shape index (κ3) is 3.87. The van der Waals surface area contributed by atoms with Gasteiger partial charge in [0.1, 0.15) is 11.9 Å². The number of carbonyl (C=O) groups is 1. The minimum atomic E-state index is -0.725. The first-order valence-electron chi connectivity index (χ1n) is 8.70. The summed E-state index contributed by atoms with van der Waals surface area (Å²) < 4.78 is 5.19. The van der Waals surface area contributed by atoms with E-state index in [1.165, 1.54) is 25.5 Å². The zero-order valence-electron chi connectivity index (χ0n) is 14.0. The molecule has 130 valence electrons. The number of nitrogens with zero attached hydrogens (tertiary/aromatic N) is 1. The van der Waals surface area contributed by atoms with Gasteiger partial charge in [-0.25, -0.2) is 0 Å². The molecule has 0 bridgehead atoms. The van der Waals surface area contributed by atoms with Crippen molar-refractivity contribution in [3.8, 4) is 0 Å². The van der Waals surface area contributed by atoms with Gasteiger partial charge in [-0.05, 0) is 31.9 Å². The van der Waals surface area contributed by atoms with Crippen LogP contribution in [0.1, 0.15) is 79.3 Å². The van der Waals surface area contributed by atoms with Crippen LogP contribution in [-0.4, -0.2) is 27.3 Å². The van der Waals surface area contributed by atoms with Gasteiger partial charge in [-0.1, -0.05) is 19.3 Å². The largest absolute Gasteiger partial charge is 0.467 e. The Balaban J connectivity index is 1.59. The lowest BCUT2D eigenvalue weighted by Gasteiger charge is -2.22. The van der Waals surface area contributed by atoms with Crippen LogP contribution in [0.4, 0.5) is 0 Å². The first kappa shape index (κ1) is 16.8. The fourth-order valence-electron chi connectivity index (χ4n) is 3.47. The highest BCUT2D eigenvalue weighted by molar-refractivity contribution is 5.95. The lowest BCUT2D eigenvalue weighted by Crippen LogP contribution is -2.34. The molecule has 2 atom stereocenters. The van der Waals surface area contributed by atoms with Crippen LogP contribution < -0.4 is 5.32 Å². The molecule has 3 rings (SSSR count). The van der Waals surface area contributed by atoms with E-state index in [0.29, 0.717) is 23.7 Å². The summed E-state index contributed by atoms with van der Waals surface area (Å²) in [5.74, 6) is 0.775. The van der Waals surface area contributed by atoms with Gasteiger partial charge in [-0.15, -0.1) is 0 Å². The third-order valence-electron chi connectivity index (χ3n) is 4.75. The minimum Gasteiger partial charge on any atom is -0.467 e. The number of H-pyrrole nitrogens is 1. The first-order chi connectivity index (χ1) is 11.6. The van der Waals surface area contributed by atoms with E-state index in [1.807, 2.05) is 6.92 Å². The van der Waals surface area contributed by atoms with Crippen molar-refractivity contribution >= 4 is 5.91 Å². The Kier molecular flexibility index (Phi) is 5.35.